The fourth-order valence-corrected chi connectivity index (χ4v) is 4.81. The smallest absolute Gasteiger partial charge is 0.253 e. The molecule has 0 aliphatic carbocycles. The summed E-state index contributed by atoms with van der Waals surface area (Å²) in [7, 11) is 0. The third-order valence-corrected chi connectivity index (χ3v) is 6.82. The third kappa shape index (κ3) is 4.93. The summed E-state index contributed by atoms with van der Waals surface area (Å²) in [5, 5.41) is 4.68. The van der Waals surface area contributed by atoms with Crippen LogP contribution in [-0.2, 0) is 13.0 Å². The van der Waals surface area contributed by atoms with Gasteiger partial charge in [-0.2, -0.15) is 0 Å². The highest BCUT2D eigenvalue weighted by molar-refractivity contribution is 5.95. The first-order valence-corrected chi connectivity index (χ1v) is 12.0. The van der Waals surface area contributed by atoms with Gasteiger partial charge in [0.25, 0.3) is 5.91 Å². The molecule has 2 aromatic heterocycles. The highest BCUT2D eigenvalue weighted by atomic mass is 16.2. The van der Waals surface area contributed by atoms with E-state index in [0.29, 0.717) is 12.5 Å². The van der Waals surface area contributed by atoms with Crippen LogP contribution in [0.4, 0.5) is 5.69 Å². The van der Waals surface area contributed by atoms with E-state index in [2.05, 4.69) is 46.5 Å². The Labute approximate surface area is 200 Å². The number of piperidine rings is 1. The van der Waals surface area contributed by atoms with E-state index in [1.807, 2.05) is 53.6 Å². The van der Waals surface area contributed by atoms with Crippen molar-refractivity contribution in [3.63, 3.8) is 0 Å². The molecule has 0 spiro atoms. The van der Waals surface area contributed by atoms with Gasteiger partial charge in [-0.25, -0.2) is 0 Å². The van der Waals surface area contributed by atoms with Gasteiger partial charge in [-0.15, -0.1) is 0 Å². The molecule has 0 saturated carbocycles. The van der Waals surface area contributed by atoms with Gasteiger partial charge in [0.15, 0.2) is 0 Å². The number of nitrogens with zero attached hydrogens (tertiary/aromatic N) is 3. The molecule has 172 valence electrons. The highest BCUT2D eigenvalue weighted by Gasteiger charge is 2.24. The fourth-order valence-electron chi connectivity index (χ4n) is 4.81. The van der Waals surface area contributed by atoms with Gasteiger partial charge in [0.2, 0.25) is 0 Å². The van der Waals surface area contributed by atoms with Crippen LogP contribution in [0.2, 0.25) is 0 Å². The maximum atomic E-state index is 13.3. The van der Waals surface area contributed by atoms with Crippen molar-refractivity contribution in [1.29, 1.82) is 0 Å². The summed E-state index contributed by atoms with van der Waals surface area (Å²) >= 11 is 0. The molecular weight excluding hydrogens is 420 g/mol. The van der Waals surface area contributed by atoms with Crippen molar-refractivity contribution in [2.24, 2.45) is 5.92 Å². The molecule has 0 bridgehead atoms. The maximum Gasteiger partial charge on any atom is 0.253 e. The Kier molecular flexibility index (Phi) is 6.52. The molecule has 2 aromatic carbocycles. The first kappa shape index (κ1) is 22.1. The van der Waals surface area contributed by atoms with Crippen LogP contribution in [0.1, 0.15) is 40.0 Å². The Bertz CT molecular complexity index is 1270. The SMILES string of the molecule is Cc1ccc(C(=O)N2CCC(Cc3cccc4ncccc34)CC2)cc1NCc1ccccn1. The van der Waals surface area contributed by atoms with Crippen molar-refractivity contribution in [2.75, 3.05) is 18.4 Å². The van der Waals surface area contributed by atoms with Gasteiger partial charge in [-0.05, 0) is 79.6 Å². The van der Waals surface area contributed by atoms with Crippen LogP contribution in [0, 0.1) is 12.8 Å². The maximum absolute atomic E-state index is 13.3. The van der Waals surface area contributed by atoms with Crippen LogP contribution in [-0.4, -0.2) is 33.9 Å². The Morgan fingerprint density at radius 2 is 1.82 bits per heavy atom. The van der Waals surface area contributed by atoms with Crippen LogP contribution in [0.15, 0.2) is 79.1 Å². The van der Waals surface area contributed by atoms with E-state index in [-0.39, 0.29) is 5.91 Å². The summed E-state index contributed by atoms with van der Waals surface area (Å²) in [6.07, 6.45) is 6.74. The molecule has 1 N–H and O–H groups in total. The van der Waals surface area contributed by atoms with Crippen LogP contribution in [0.25, 0.3) is 10.9 Å². The predicted octanol–water partition coefficient (Wildman–Crippen LogP) is 5.65. The quantitative estimate of drug-likeness (QED) is 0.413. The second-order valence-electron chi connectivity index (χ2n) is 9.13. The van der Waals surface area contributed by atoms with Gasteiger partial charge in [-0.1, -0.05) is 30.3 Å². The standard InChI is InChI=1S/C29H30N4O/c1-21-10-11-24(19-28(21)32-20-25-7-2-3-14-30-25)29(34)33-16-12-22(13-17-33)18-23-6-4-9-27-26(23)8-5-15-31-27/h2-11,14-15,19,22,32H,12-13,16-18,20H2,1H3. The highest BCUT2D eigenvalue weighted by Crippen LogP contribution is 2.27. The lowest BCUT2D eigenvalue weighted by Gasteiger charge is -2.32. The lowest BCUT2D eigenvalue weighted by molar-refractivity contribution is 0.0690. The minimum atomic E-state index is 0.119. The summed E-state index contributed by atoms with van der Waals surface area (Å²) in [5.41, 5.74) is 6.24. The molecule has 3 heterocycles. The molecule has 1 aliphatic heterocycles. The number of carbonyl (C=O) groups excluding carboxylic acids is 1. The largest absolute Gasteiger partial charge is 0.379 e. The number of nitrogens with one attached hydrogen (secondary N) is 1. The average molecular weight is 451 g/mol. The van der Waals surface area contributed by atoms with Crippen molar-refractivity contribution in [2.45, 2.75) is 32.7 Å². The molecule has 1 saturated heterocycles. The third-order valence-electron chi connectivity index (χ3n) is 6.82. The molecular formula is C29H30N4O. The topological polar surface area (TPSA) is 58.1 Å². The Morgan fingerprint density at radius 3 is 2.65 bits per heavy atom. The number of benzene rings is 2. The summed E-state index contributed by atoms with van der Waals surface area (Å²) in [6, 6.07) is 22.4. The Morgan fingerprint density at radius 1 is 0.971 bits per heavy atom. The van der Waals surface area contributed by atoms with Crippen LogP contribution < -0.4 is 5.32 Å². The van der Waals surface area contributed by atoms with Crippen molar-refractivity contribution in [3.05, 3.63) is 102 Å². The zero-order chi connectivity index (χ0) is 23.3. The second-order valence-corrected chi connectivity index (χ2v) is 9.13. The van der Waals surface area contributed by atoms with Gasteiger partial charge in [0.05, 0.1) is 17.8 Å². The number of hydrogen-bond acceptors (Lipinski definition) is 4. The molecule has 1 amide bonds. The van der Waals surface area contributed by atoms with Gasteiger partial charge < -0.3 is 10.2 Å². The number of hydrogen-bond donors (Lipinski definition) is 1. The van der Waals surface area contributed by atoms with Crippen LogP contribution in [0.5, 0.6) is 0 Å². The van der Waals surface area contributed by atoms with Gasteiger partial charge in [-0.3, -0.25) is 14.8 Å². The molecule has 0 atom stereocenters. The predicted molar refractivity (Wildman–Crippen MR) is 137 cm³/mol. The van der Waals surface area contributed by atoms with Crippen molar-refractivity contribution in [1.82, 2.24) is 14.9 Å². The average Bonchev–Trinajstić information content (AvgIpc) is 2.89. The number of aryl methyl sites for hydroxylation is 1. The zero-order valence-corrected chi connectivity index (χ0v) is 19.6. The number of pyridine rings is 2. The summed E-state index contributed by atoms with van der Waals surface area (Å²) in [6.45, 7) is 4.30. The zero-order valence-electron chi connectivity index (χ0n) is 19.6. The van der Waals surface area contributed by atoms with E-state index < -0.39 is 0 Å². The molecule has 5 heteroatoms. The Hall–Kier alpha value is -3.73. The molecule has 0 unspecified atom stereocenters. The minimum Gasteiger partial charge on any atom is -0.379 e. The molecule has 1 fully saturated rings. The van der Waals surface area contributed by atoms with E-state index in [1.165, 1.54) is 10.9 Å². The van der Waals surface area contributed by atoms with E-state index in [4.69, 9.17) is 0 Å². The van der Waals surface area contributed by atoms with Crippen molar-refractivity contribution < 1.29 is 4.79 Å². The summed E-state index contributed by atoms with van der Waals surface area (Å²) in [5.74, 6) is 0.706. The number of fused-ring (bicyclic) bond motifs is 1. The Balaban J connectivity index is 1.21. The van der Waals surface area contributed by atoms with Gasteiger partial charge in [0.1, 0.15) is 0 Å². The molecule has 34 heavy (non-hydrogen) atoms. The molecule has 0 radical (unpaired) electrons. The molecule has 1 aliphatic rings. The molecule has 5 rings (SSSR count). The fraction of sp³-hybridized carbons (Fsp3) is 0.276. The van der Waals surface area contributed by atoms with Crippen molar-refractivity contribution in [3.8, 4) is 0 Å². The van der Waals surface area contributed by atoms with Crippen LogP contribution in [0.3, 0.4) is 0 Å². The normalized spacial score (nSPS) is 14.3. The number of aromatic nitrogens is 2. The second kappa shape index (κ2) is 10.0. The number of rotatable bonds is 6. The lowest BCUT2D eigenvalue weighted by Crippen LogP contribution is -2.39. The van der Waals surface area contributed by atoms with E-state index in [0.717, 1.165) is 60.4 Å². The van der Waals surface area contributed by atoms with Gasteiger partial charge in [0, 0.05) is 42.1 Å². The molecule has 5 nitrogen and oxygen atoms in total. The first-order valence-electron chi connectivity index (χ1n) is 12.0. The van der Waals surface area contributed by atoms with Crippen LogP contribution >= 0.6 is 0 Å². The van der Waals surface area contributed by atoms with Crippen molar-refractivity contribution >= 4 is 22.5 Å². The lowest BCUT2D eigenvalue weighted by atomic mass is 9.88. The monoisotopic (exact) mass is 450 g/mol. The number of anilines is 1. The summed E-state index contributed by atoms with van der Waals surface area (Å²) in [4.78, 5) is 24.1. The minimum absolute atomic E-state index is 0.119. The van der Waals surface area contributed by atoms with E-state index in [1.54, 1.807) is 6.20 Å². The van der Waals surface area contributed by atoms with E-state index >= 15 is 0 Å². The molecule has 4 aromatic rings. The number of amides is 1. The number of likely N-dealkylation sites (tertiary alicyclic amines) is 1. The number of carbonyl (C=O) groups is 1. The van der Waals surface area contributed by atoms with E-state index in [9.17, 15) is 4.79 Å². The van der Waals surface area contributed by atoms with Gasteiger partial charge >= 0.3 is 0 Å². The summed E-state index contributed by atoms with van der Waals surface area (Å²) < 4.78 is 0. The first-order chi connectivity index (χ1) is 16.7.